The largest absolute Gasteiger partial charge is 0.281 e. The van der Waals surface area contributed by atoms with Gasteiger partial charge in [-0.2, -0.15) is 0 Å². The molecule has 0 radical (unpaired) electrons. The van der Waals surface area contributed by atoms with Crippen molar-refractivity contribution in [2.45, 2.75) is 30.6 Å². The number of hydrogen-bond acceptors (Lipinski definition) is 1. The van der Waals surface area contributed by atoms with Crippen LogP contribution in [0.3, 0.4) is 0 Å². The first-order valence-electron chi connectivity index (χ1n) is 7.17. The van der Waals surface area contributed by atoms with E-state index in [0.717, 1.165) is 24.0 Å². The van der Waals surface area contributed by atoms with Crippen molar-refractivity contribution in [3.05, 3.63) is 70.8 Å². The van der Waals surface area contributed by atoms with Gasteiger partial charge in [0.2, 0.25) is 0 Å². The lowest BCUT2D eigenvalue weighted by Gasteiger charge is -2.07. The summed E-state index contributed by atoms with van der Waals surface area (Å²) in [5.41, 5.74) is 5.98. The predicted octanol–water partition coefficient (Wildman–Crippen LogP) is 5.49. The van der Waals surface area contributed by atoms with E-state index in [-0.39, 0.29) is 6.04 Å². The monoisotopic (exact) mass is 317 g/mol. The van der Waals surface area contributed by atoms with Crippen LogP contribution in [-0.2, 0) is 11.8 Å². The fourth-order valence-corrected chi connectivity index (χ4v) is 3.02. The summed E-state index contributed by atoms with van der Waals surface area (Å²) in [5.74, 6) is 1.12. The van der Waals surface area contributed by atoms with Crippen molar-refractivity contribution in [2.75, 3.05) is 0 Å². The van der Waals surface area contributed by atoms with Crippen molar-refractivity contribution < 1.29 is 0 Å². The maximum absolute atomic E-state index is 5.83. The average molecular weight is 318 g/mol. The highest BCUT2D eigenvalue weighted by atomic mass is 35.5. The number of halogens is 2. The van der Waals surface area contributed by atoms with Crippen LogP contribution < -0.4 is 0 Å². The smallest absolute Gasteiger partial charge is 0.0756 e. The highest BCUT2D eigenvalue weighted by Gasteiger charge is 2.20. The lowest BCUT2D eigenvalue weighted by molar-refractivity contribution is 0.723. The molecule has 1 unspecified atom stereocenters. The number of rotatable bonds is 4. The molecule has 0 aliphatic carbocycles. The zero-order chi connectivity index (χ0) is 14.7. The number of hydrogen-bond donors (Lipinski definition) is 0. The predicted molar refractivity (Wildman–Crippen MR) is 90.5 cm³/mol. The SMILES string of the molecule is ClCc1ccc(C2=NC(c3ccc(CCl)cc3)CC2)cc1. The van der Waals surface area contributed by atoms with Gasteiger partial charge in [-0.1, -0.05) is 48.5 Å². The molecule has 2 aromatic rings. The normalized spacial score (nSPS) is 17.8. The zero-order valence-electron chi connectivity index (χ0n) is 11.7. The minimum absolute atomic E-state index is 0.275. The molecular formula is C18H17Cl2N. The summed E-state index contributed by atoms with van der Waals surface area (Å²) in [5, 5.41) is 0. The molecule has 0 N–H and O–H groups in total. The number of aliphatic imine (C=N–C) groups is 1. The van der Waals surface area contributed by atoms with Crippen LogP contribution >= 0.6 is 23.2 Å². The lowest BCUT2D eigenvalue weighted by Crippen LogP contribution is -1.95. The van der Waals surface area contributed by atoms with Crippen molar-refractivity contribution in [1.82, 2.24) is 0 Å². The molecule has 0 fully saturated rings. The van der Waals surface area contributed by atoms with Crippen LogP contribution in [0, 0.1) is 0 Å². The molecule has 108 valence electrons. The third kappa shape index (κ3) is 3.30. The van der Waals surface area contributed by atoms with Crippen molar-refractivity contribution in [2.24, 2.45) is 4.99 Å². The van der Waals surface area contributed by atoms with Crippen LogP contribution in [0.4, 0.5) is 0 Å². The maximum Gasteiger partial charge on any atom is 0.0756 e. The Morgan fingerprint density at radius 2 is 1.43 bits per heavy atom. The van der Waals surface area contributed by atoms with E-state index >= 15 is 0 Å². The van der Waals surface area contributed by atoms with Gasteiger partial charge in [-0.05, 0) is 35.1 Å². The van der Waals surface area contributed by atoms with Crippen LogP contribution in [0.1, 0.15) is 41.1 Å². The molecule has 1 aliphatic heterocycles. The van der Waals surface area contributed by atoms with Crippen LogP contribution in [0.15, 0.2) is 53.5 Å². The second-order valence-corrected chi connectivity index (χ2v) is 5.87. The molecule has 0 spiro atoms. The summed E-state index contributed by atoms with van der Waals surface area (Å²) >= 11 is 11.7. The van der Waals surface area contributed by atoms with Crippen LogP contribution in [-0.4, -0.2) is 5.71 Å². The third-order valence-corrected chi connectivity index (χ3v) is 4.54. The van der Waals surface area contributed by atoms with E-state index in [4.69, 9.17) is 28.2 Å². The minimum atomic E-state index is 0.275. The average Bonchev–Trinajstić information content (AvgIpc) is 3.05. The van der Waals surface area contributed by atoms with Gasteiger partial charge < -0.3 is 0 Å². The van der Waals surface area contributed by atoms with Crippen molar-refractivity contribution in [1.29, 1.82) is 0 Å². The number of alkyl halides is 2. The van der Waals surface area contributed by atoms with Gasteiger partial charge in [-0.15, -0.1) is 23.2 Å². The highest BCUT2D eigenvalue weighted by Crippen LogP contribution is 2.31. The number of benzene rings is 2. The van der Waals surface area contributed by atoms with Crippen LogP contribution in [0.5, 0.6) is 0 Å². The van der Waals surface area contributed by atoms with E-state index in [1.165, 1.54) is 16.8 Å². The van der Waals surface area contributed by atoms with Gasteiger partial charge in [0, 0.05) is 17.5 Å². The van der Waals surface area contributed by atoms with Crippen LogP contribution in [0.2, 0.25) is 0 Å². The summed E-state index contributed by atoms with van der Waals surface area (Å²) in [6, 6.07) is 17.1. The second kappa shape index (κ2) is 6.64. The molecule has 1 aliphatic rings. The minimum Gasteiger partial charge on any atom is -0.281 e. The van der Waals surface area contributed by atoms with E-state index in [0.29, 0.717) is 11.8 Å². The molecule has 2 aromatic carbocycles. The second-order valence-electron chi connectivity index (χ2n) is 5.34. The standard InChI is InChI=1S/C18H17Cl2N/c19-11-13-1-5-15(6-2-13)17-9-10-18(21-17)16-7-3-14(12-20)4-8-16/h1-8,17H,9-12H2. The van der Waals surface area contributed by atoms with Gasteiger partial charge in [0.25, 0.3) is 0 Å². The van der Waals surface area contributed by atoms with E-state index in [1.54, 1.807) is 0 Å². The quantitative estimate of drug-likeness (QED) is 0.661. The molecule has 0 bridgehead atoms. The Bertz CT molecular complexity index is 629. The molecule has 0 amide bonds. The van der Waals surface area contributed by atoms with Crippen molar-refractivity contribution in [3.63, 3.8) is 0 Å². The topological polar surface area (TPSA) is 12.4 Å². The highest BCUT2D eigenvalue weighted by molar-refractivity contribution is 6.17. The van der Waals surface area contributed by atoms with E-state index in [9.17, 15) is 0 Å². The molecule has 0 saturated heterocycles. The lowest BCUT2D eigenvalue weighted by atomic mass is 10.0. The summed E-state index contributed by atoms with van der Waals surface area (Å²) < 4.78 is 0. The zero-order valence-corrected chi connectivity index (χ0v) is 13.2. The summed E-state index contributed by atoms with van der Waals surface area (Å²) in [6.07, 6.45) is 2.11. The molecule has 21 heavy (non-hydrogen) atoms. The van der Waals surface area contributed by atoms with Crippen molar-refractivity contribution >= 4 is 28.9 Å². The Kier molecular flexibility index (Phi) is 4.62. The Morgan fingerprint density at radius 3 is 2.00 bits per heavy atom. The van der Waals surface area contributed by atoms with Gasteiger partial charge >= 0.3 is 0 Å². The van der Waals surface area contributed by atoms with E-state index in [2.05, 4.69) is 48.5 Å². The Balaban J connectivity index is 1.79. The first-order valence-corrected chi connectivity index (χ1v) is 8.24. The van der Waals surface area contributed by atoms with Crippen LogP contribution in [0.25, 0.3) is 0 Å². The molecule has 3 heteroatoms. The first kappa shape index (κ1) is 14.6. The fourth-order valence-electron chi connectivity index (χ4n) is 2.67. The summed E-state index contributed by atoms with van der Waals surface area (Å²) in [7, 11) is 0. The Hall–Kier alpha value is -1.31. The summed E-state index contributed by atoms with van der Waals surface area (Å²) in [4.78, 5) is 4.89. The van der Waals surface area contributed by atoms with Gasteiger partial charge in [0.1, 0.15) is 0 Å². The van der Waals surface area contributed by atoms with Gasteiger partial charge in [-0.25, -0.2) is 0 Å². The molecule has 0 saturated carbocycles. The van der Waals surface area contributed by atoms with Gasteiger partial charge in [-0.3, -0.25) is 4.99 Å². The number of nitrogens with zero attached hydrogens (tertiary/aromatic N) is 1. The molecule has 1 nitrogen and oxygen atoms in total. The van der Waals surface area contributed by atoms with Gasteiger partial charge in [0.15, 0.2) is 0 Å². The molecular weight excluding hydrogens is 301 g/mol. The molecule has 1 atom stereocenters. The van der Waals surface area contributed by atoms with E-state index < -0.39 is 0 Å². The Labute approximate surface area is 135 Å². The Morgan fingerprint density at radius 1 is 0.857 bits per heavy atom. The molecule has 0 aromatic heterocycles. The third-order valence-electron chi connectivity index (χ3n) is 3.93. The first-order chi connectivity index (χ1) is 10.3. The van der Waals surface area contributed by atoms with Gasteiger partial charge in [0.05, 0.1) is 6.04 Å². The molecule has 1 heterocycles. The maximum atomic E-state index is 5.83. The van der Waals surface area contributed by atoms with Crippen molar-refractivity contribution in [3.8, 4) is 0 Å². The van der Waals surface area contributed by atoms with E-state index in [1.807, 2.05) is 0 Å². The fraction of sp³-hybridized carbons (Fsp3) is 0.278. The summed E-state index contributed by atoms with van der Waals surface area (Å²) in [6.45, 7) is 0. The molecule has 3 rings (SSSR count).